The summed E-state index contributed by atoms with van der Waals surface area (Å²) in [7, 11) is 1.45. The molecule has 0 atom stereocenters. The van der Waals surface area contributed by atoms with Gasteiger partial charge in [-0.25, -0.2) is 0 Å². The maximum Gasteiger partial charge on any atom is 0.323 e. The first kappa shape index (κ1) is 11.1. The second kappa shape index (κ2) is 5.05. The fourth-order valence-corrected chi connectivity index (χ4v) is 1.99. The Morgan fingerprint density at radius 2 is 2.00 bits per heavy atom. The van der Waals surface area contributed by atoms with E-state index in [1.54, 1.807) is 0 Å². The van der Waals surface area contributed by atoms with Crippen molar-refractivity contribution >= 4 is 5.97 Å². The van der Waals surface area contributed by atoms with Gasteiger partial charge in [0.1, 0.15) is 5.41 Å². The molecule has 0 saturated heterocycles. The van der Waals surface area contributed by atoms with Crippen molar-refractivity contribution in [1.29, 1.82) is 0 Å². The number of rotatable bonds is 1. The molecule has 1 aliphatic carbocycles. The van der Waals surface area contributed by atoms with Crippen molar-refractivity contribution in [1.82, 2.24) is 0 Å². The molecule has 0 aliphatic heterocycles. The molecular formula is C12H18O2. The summed E-state index contributed by atoms with van der Waals surface area (Å²) in [5.74, 6) is 5.99. The zero-order chi connectivity index (χ0) is 10.4. The van der Waals surface area contributed by atoms with Crippen molar-refractivity contribution in [3.05, 3.63) is 0 Å². The van der Waals surface area contributed by atoms with Crippen LogP contribution in [0.25, 0.3) is 0 Å². The Morgan fingerprint density at radius 3 is 2.50 bits per heavy atom. The maximum atomic E-state index is 11.7. The molecular weight excluding hydrogens is 176 g/mol. The van der Waals surface area contributed by atoms with E-state index in [0.717, 1.165) is 32.1 Å². The monoisotopic (exact) mass is 194 g/mol. The number of esters is 1. The van der Waals surface area contributed by atoms with E-state index in [-0.39, 0.29) is 5.97 Å². The van der Waals surface area contributed by atoms with Crippen LogP contribution < -0.4 is 0 Å². The van der Waals surface area contributed by atoms with Gasteiger partial charge in [0.25, 0.3) is 0 Å². The molecule has 0 unspecified atom stereocenters. The Kier molecular flexibility index (Phi) is 4.00. The number of carbonyl (C=O) groups excluding carboxylic acids is 1. The van der Waals surface area contributed by atoms with Crippen LogP contribution in [-0.2, 0) is 9.53 Å². The first-order valence-corrected chi connectivity index (χ1v) is 5.33. The SMILES string of the molecule is CCC#CC1(C(=O)OC)CCCCC1. The third-order valence-corrected chi connectivity index (χ3v) is 2.79. The van der Waals surface area contributed by atoms with Crippen LogP contribution in [0.3, 0.4) is 0 Å². The lowest BCUT2D eigenvalue weighted by atomic mass is 9.74. The minimum Gasteiger partial charge on any atom is -0.468 e. The van der Waals surface area contributed by atoms with Crippen molar-refractivity contribution in [2.24, 2.45) is 5.41 Å². The van der Waals surface area contributed by atoms with E-state index >= 15 is 0 Å². The average Bonchev–Trinajstić information content (AvgIpc) is 2.26. The van der Waals surface area contributed by atoms with Crippen LogP contribution in [0.4, 0.5) is 0 Å². The van der Waals surface area contributed by atoms with Crippen LogP contribution >= 0.6 is 0 Å². The summed E-state index contributed by atoms with van der Waals surface area (Å²) >= 11 is 0. The molecule has 1 fully saturated rings. The van der Waals surface area contributed by atoms with Crippen LogP contribution in [0.2, 0.25) is 0 Å². The molecule has 1 saturated carbocycles. The highest BCUT2D eigenvalue weighted by atomic mass is 16.5. The van der Waals surface area contributed by atoms with E-state index in [1.165, 1.54) is 13.5 Å². The molecule has 0 bridgehead atoms. The Balaban J connectivity index is 2.82. The van der Waals surface area contributed by atoms with E-state index in [0.29, 0.717) is 0 Å². The van der Waals surface area contributed by atoms with E-state index in [4.69, 9.17) is 4.74 Å². The fourth-order valence-electron chi connectivity index (χ4n) is 1.99. The minimum absolute atomic E-state index is 0.141. The lowest BCUT2D eigenvalue weighted by molar-refractivity contribution is -0.150. The smallest absolute Gasteiger partial charge is 0.323 e. The summed E-state index contributed by atoms with van der Waals surface area (Å²) in [6.45, 7) is 2.00. The standard InChI is InChI=1S/C12H18O2/c1-3-4-8-12(11(13)14-2)9-6-5-7-10-12/h3,5-7,9-10H2,1-2H3. The maximum absolute atomic E-state index is 11.7. The van der Waals surface area contributed by atoms with Gasteiger partial charge in [-0.3, -0.25) is 4.79 Å². The summed E-state index contributed by atoms with van der Waals surface area (Å²) < 4.78 is 4.85. The van der Waals surface area contributed by atoms with Gasteiger partial charge in [-0.1, -0.05) is 32.1 Å². The number of ether oxygens (including phenoxy) is 1. The van der Waals surface area contributed by atoms with Crippen molar-refractivity contribution in [3.63, 3.8) is 0 Å². The van der Waals surface area contributed by atoms with E-state index in [2.05, 4.69) is 11.8 Å². The first-order valence-electron chi connectivity index (χ1n) is 5.33. The predicted molar refractivity (Wildman–Crippen MR) is 55.6 cm³/mol. The van der Waals surface area contributed by atoms with Gasteiger partial charge in [-0.15, -0.1) is 5.92 Å². The number of methoxy groups -OCH3 is 1. The van der Waals surface area contributed by atoms with Crippen molar-refractivity contribution in [3.8, 4) is 11.8 Å². The quantitative estimate of drug-likeness (QED) is 0.473. The van der Waals surface area contributed by atoms with Gasteiger partial charge in [0, 0.05) is 6.42 Å². The Morgan fingerprint density at radius 1 is 1.36 bits per heavy atom. The average molecular weight is 194 g/mol. The molecule has 0 aromatic rings. The van der Waals surface area contributed by atoms with Gasteiger partial charge < -0.3 is 4.74 Å². The highest BCUT2D eigenvalue weighted by Gasteiger charge is 2.38. The molecule has 0 N–H and O–H groups in total. The van der Waals surface area contributed by atoms with Gasteiger partial charge >= 0.3 is 5.97 Å². The lowest BCUT2D eigenvalue weighted by Crippen LogP contribution is -2.33. The minimum atomic E-state index is -0.483. The largest absolute Gasteiger partial charge is 0.468 e. The van der Waals surface area contributed by atoms with Crippen LogP contribution in [0.15, 0.2) is 0 Å². The van der Waals surface area contributed by atoms with Gasteiger partial charge in [-0.2, -0.15) is 0 Å². The molecule has 0 amide bonds. The second-order valence-electron chi connectivity index (χ2n) is 3.79. The summed E-state index contributed by atoms with van der Waals surface area (Å²) in [5.41, 5.74) is -0.483. The molecule has 78 valence electrons. The van der Waals surface area contributed by atoms with E-state index in [1.807, 2.05) is 6.92 Å². The third-order valence-electron chi connectivity index (χ3n) is 2.79. The van der Waals surface area contributed by atoms with Crippen LogP contribution in [0, 0.1) is 17.3 Å². The van der Waals surface area contributed by atoms with E-state index in [9.17, 15) is 4.79 Å². The van der Waals surface area contributed by atoms with Gasteiger partial charge in [0.05, 0.1) is 7.11 Å². The van der Waals surface area contributed by atoms with Gasteiger partial charge in [0.2, 0.25) is 0 Å². The fraction of sp³-hybridized carbons (Fsp3) is 0.750. The molecule has 14 heavy (non-hydrogen) atoms. The van der Waals surface area contributed by atoms with Crippen LogP contribution in [-0.4, -0.2) is 13.1 Å². The number of hydrogen-bond donors (Lipinski definition) is 0. The zero-order valence-electron chi connectivity index (χ0n) is 9.06. The third kappa shape index (κ3) is 2.29. The molecule has 0 heterocycles. The highest BCUT2D eigenvalue weighted by Crippen LogP contribution is 2.36. The summed E-state index contributed by atoms with van der Waals surface area (Å²) in [5, 5.41) is 0. The van der Waals surface area contributed by atoms with Crippen molar-refractivity contribution < 1.29 is 9.53 Å². The highest BCUT2D eigenvalue weighted by molar-refractivity contribution is 5.80. The Labute approximate surface area is 86.0 Å². The summed E-state index contributed by atoms with van der Waals surface area (Å²) in [6, 6.07) is 0. The number of carbonyl (C=O) groups is 1. The van der Waals surface area contributed by atoms with E-state index < -0.39 is 5.41 Å². The van der Waals surface area contributed by atoms with Gasteiger partial charge in [-0.05, 0) is 12.8 Å². The van der Waals surface area contributed by atoms with Crippen LogP contribution in [0.1, 0.15) is 45.4 Å². The summed E-state index contributed by atoms with van der Waals surface area (Å²) in [4.78, 5) is 11.7. The van der Waals surface area contributed by atoms with Crippen LogP contribution in [0.5, 0.6) is 0 Å². The predicted octanol–water partition coefficient (Wildman–Crippen LogP) is 2.52. The topological polar surface area (TPSA) is 26.3 Å². The van der Waals surface area contributed by atoms with Gasteiger partial charge in [0.15, 0.2) is 0 Å². The molecule has 2 heteroatoms. The number of hydrogen-bond acceptors (Lipinski definition) is 2. The molecule has 0 spiro atoms. The normalized spacial score (nSPS) is 19.3. The molecule has 0 aromatic carbocycles. The second-order valence-corrected chi connectivity index (χ2v) is 3.79. The molecule has 1 rings (SSSR count). The summed E-state index contributed by atoms with van der Waals surface area (Å²) in [6.07, 6.45) is 5.94. The Bertz CT molecular complexity index is 251. The lowest BCUT2D eigenvalue weighted by Gasteiger charge is -2.29. The molecule has 0 aromatic heterocycles. The van der Waals surface area contributed by atoms with Crippen molar-refractivity contribution in [2.45, 2.75) is 45.4 Å². The molecule has 1 aliphatic rings. The molecule has 0 radical (unpaired) electrons. The van der Waals surface area contributed by atoms with Crippen molar-refractivity contribution in [2.75, 3.05) is 7.11 Å². The Hall–Kier alpha value is -0.970. The zero-order valence-corrected chi connectivity index (χ0v) is 9.06. The molecule has 2 nitrogen and oxygen atoms in total. The first-order chi connectivity index (χ1) is 6.75.